The van der Waals surface area contributed by atoms with E-state index in [0.29, 0.717) is 11.6 Å². The number of nitrogens with zero attached hydrogens (tertiary/aromatic N) is 1. The standard InChI is InChI=1S/C11H13N3O/c1-15-11-10(12)9-6-5-7-3-2-4-8(7)14(9)13-11/h5-6H,2-4,12H2,1H3/p+1. The van der Waals surface area contributed by atoms with Gasteiger partial charge in [-0.2, -0.15) is 0 Å². The average Bonchev–Trinajstić information content (AvgIpc) is 2.82. The molecule has 2 heterocycles. The van der Waals surface area contributed by atoms with E-state index in [9.17, 15) is 0 Å². The summed E-state index contributed by atoms with van der Waals surface area (Å²) in [6.07, 6.45) is 7.74. The van der Waals surface area contributed by atoms with E-state index in [2.05, 4.69) is 17.3 Å². The molecule has 4 nitrogen and oxygen atoms in total. The summed E-state index contributed by atoms with van der Waals surface area (Å²) in [5, 5.41) is 5.50. The minimum absolute atomic E-state index is 0.560. The van der Waals surface area contributed by atoms with Gasteiger partial charge in [0.15, 0.2) is 11.4 Å². The molecule has 0 fully saturated rings. The van der Waals surface area contributed by atoms with Crippen LogP contribution in [0.3, 0.4) is 0 Å². The predicted octanol–water partition coefficient (Wildman–Crippen LogP) is 0.0229. The molecule has 0 saturated carbocycles. The first-order valence-corrected chi connectivity index (χ1v) is 5.22. The minimum Gasteiger partial charge on any atom is -0.476 e. The molecular formula is C11H14N3O+. The number of fused-ring (bicyclic) bond motifs is 2. The number of nitrogens with one attached hydrogen (secondary N) is 1. The second-order valence-electron chi connectivity index (χ2n) is 3.99. The topological polar surface area (TPSA) is 52.0 Å². The number of methoxy groups -OCH3 is 1. The molecule has 78 valence electrons. The van der Waals surface area contributed by atoms with Gasteiger partial charge in [0.2, 0.25) is 0 Å². The third-order valence-electron chi connectivity index (χ3n) is 3.18. The van der Waals surface area contributed by atoms with Crippen molar-refractivity contribution in [1.82, 2.24) is 0 Å². The maximum atomic E-state index is 5.96. The van der Waals surface area contributed by atoms with Crippen molar-refractivity contribution in [3.63, 3.8) is 0 Å². The van der Waals surface area contributed by atoms with Crippen LogP contribution in [0.2, 0.25) is 0 Å². The van der Waals surface area contributed by atoms with Crippen molar-refractivity contribution in [2.75, 3.05) is 7.11 Å². The van der Waals surface area contributed by atoms with Gasteiger partial charge in [0.05, 0.1) is 7.11 Å². The summed E-state index contributed by atoms with van der Waals surface area (Å²) < 4.78 is 5.15. The average molecular weight is 204 g/mol. The minimum atomic E-state index is 0.560. The highest BCUT2D eigenvalue weighted by atomic mass is 16.5. The summed E-state index contributed by atoms with van der Waals surface area (Å²) in [6.45, 7) is 0. The van der Waals surface area contributed by atoms with Crippen LogP contribution < -0.4 is 10.7 Å². The van der Waals surface area contributed by atoms with Gasteiger partial charge in [0, 0.05) is 18.1 Å². The fourth-order valence-electron chi connectivity index (χ4n) is 2.42. The summed E-state index contributed by atoms with van der Waals surface area (Å²) in [5.41, 5.74) is 10.4. The Kier molecular flexibility index (Phi) is 1.73. The molecule has 3 rings (SSSR count). The van der Waals surface area contributed by atoms with Gasteiger partial charge in [-0.1, -0.05) is 0 Å². The normalized spacial score (nSPS) is 28.1. The van der Waals surface area contributed by atoms with Gasteiger partial charge in [-0.25, -0.2) is 0 Å². The summed E-state index contributed by atoms with van der Waals surface area (Å²) >= 11 is 0. The Labute approximate surface area is 88.4 Å². The van der Waals surface area contributed by atoms with E-state index >= 15 is 0 Å². The molecule has 1 atom stereocenters. The first-order valence-electron chi connectivity index (χ1n) is 5.22. The van der Waals surface area contributed by atoms with Gasteiger partial charge in [0.25, 0.3) is 5.90 Å². The van der Waals surface area contributed by atoms with Gasteiger partial charge in [-0.05, 0) is 24.0 Å². The van der Waals surface area contributed by atoms with Crippen LogP contribution >= 0.6 is 0 Å². The van der Waals surface area contributed by atoms with Crippen molar-refractivity contribution in [3.8, 4) is 0 Å². The van der Waals surface area contributed by atoms with Crippen molar-refractivity contribution < 1.29 is 9.75 Å². The molecule has 0 bridgehead atoms. The smallest absolute Gasteiger partial charge is 0.297 e. The first-order chi connectivity index (χ1) is 7.31. The molecule has 1 unspecified atom stereocenters. The molecule has 4 heteroatoms. The molecule has 0 radical (unpaired) electrons. The molecule has 2 aliphatic heterocycles. The summed E-state index contributed by atoms with van der Waals surface area (Å²) in [4.78, 5) is 0. The van der Waals surface area contributed by atoms with E-state index in [1.807, 2.05) is 0 Å². The first kappa shape index (κ1) is 8.73. The lowest BCUT2D eigenvalue weighted by molar-refractivity contribution is -0.823. The summed E-state index contributed by atoms with van der Waals surface area (Å²) in [7, 11) is 1.61. The third kappa shape index (κ3) is 1.08. The molecule has 3 aliphatic rings. The number of hydrogen-bond donors (Lipinski definition) is 2. The molecular weight excluding hydrogens is 190 g/mol. The largest absolute Gasteiger partial charge is 0.476 e. The second kappa shape index (κ2) is 2.97. The molecule has 3 N–H and O–H groups in total. The van der Waals surface area contributed by atoms with Crippen LogP contribution in [0, 0.1) is 0 Å². The highest BCUT2D eigenvalue weighted by molar-refractivity contribution is 5.94. The van der Waals surface area contributed by atoms with Crippen LogP contribution in [-0.4, -0.2) is 13.0 Å². The quantitative estimate of drug-likeness (QED) is 0.584. The Hall–Kier alpha value is -1.55. The lowest BCUT2D eigenvalue weighted by atomic mass is 10.1. The van der Waals surface area contributed by atoms with Crippen molar-refractivity contribution in [3.05, 3.63) is 34.8 Å². The zero-order valence-electron chi connectivity index (χ0n) is 8.71. The fraction of sp³-hybridized carbons (Fsp3) is 0.364. The molecule has 0 aromatic heterocycles. The van der Waals surface area contributed by atoms with Crippen molar-refractivity contribution >= 4 is 5.90 Å². The molecule has 0 amide bonds. The molecule has 0 saturated heterocycles. The monoisotopic (exact) mass is 204 g/mol. The molecule has 15 heavy (non-hydrogen) atoms. The lowest BCUT2D eigenvalue weighted by Crippen LogP contribution is -3.03. The molecule has 0 spiro atoms. The van der Waals surface area contributed by atoms with E-state index in [1.165, 1.54) is 24.1 Å². The van der Waals surface area contributed by atoms with Gasteiger partial charge < -0.3 is 10.5 Å². The van der Waals surface area contributed by atoms with E-state index in [-0.39, 0.29) is 0 Å². The van der Waals surface area contributed by atoms with Gasteiger partial charge >= 0.3 is 0 Å². The summed E-state index contributed by atoms with van der Waals surface area (Å²) in [6, 6.07) is 0. The van der Waals surface area contributed by atoms with Gasteiger partial charge in [0.1, 0.15) is 5.70 Å². The Balaban J connectivity index is 2.08. The van der Waals surface area contributed by atoms with Crippen molar-refractivity contribution in [2.45, 2.75) is 19.3 Å². The van der Waals surface area contributed by atoms with Crippen molar-refractivity contribution in [2.24, 2.45) is 10.8 Å². The predicted molar refractivity (Wildman–Crippen MR) is 56.6 cm³/mol. The SMILES string of the molecule is COC1=N[NH+]2C(=C1N)C=CC1=C2CCC1. The van der Waals surface area contributed by atoms with E-state index in [0.717, 1.165) is 17.1 Å². The van der Waals surface area contributed by atoms with E-state index in [1.54, 1.807) is 7.11 Å². The second-order valence-corrected chi connectivity index (χ2v) is 3.99. The van der Waals surface area contributed by atoms with Gasteiger partial charge in [-0.15, -0.1) is 5.01 Å². The van der Waals surface area contributed by atoms with Gasteiger partial charge in [-0.3, -0.25) is 0 Å². The van der Waals surface area contributed by atoms with Crippen LogP contribution in [0.15, 0.2) is 39.9 Å². The van der Waals surface area contributed by atoms with E-state index in [4.69, 9.17) is 10.5 Å². The van der Waals surface area contributed by atoms with E-state index < -0.39 is 0 Å². The van der Waals surface area contributed by atoms with Crippen LogP contribution in [0.1, 0.15) is 19.3 Å². The lowest BCUT2D eigenvalue weighted by Gasteiger charge is -2.14. The highest BCUT2D eigenvalue weighted by Crippen LogP contribution is 2.27. The number of hydrogen-bond acceptors (Lipinski definition) is 3. The maximum absolute atomic E-state index is 5.96. The zero-order chi connectivity index (χ0) is 10.4. The number of ether oxygens (including phenoxy) is 1. The molecule has 1 aliphatic carbocycles. The third-order valence-corrected chi connectivity index (χ3v) is 3.18. The van der Waals surface area contributed by atoms with Crippen LogP contribution in [0.5, 0.6) is 0 Å². The maximum Gasteiger partial charge on any atom is 0.297 e. The number of nitrogens with two attached hydrogens (primary N) is 1. The zero-order valence-corrected chi connectivity index (χ0v) is 8.71. The van der Waals surface area contributed by atoms with Crippen LogP contribution in [-0.2, 0) is 4.74 Å². The number of quaternary nitrogens is 1. The molecule has 0 aromatic carbocycles. The Morgan fingerprint density at radius 3 is 3.07 bits per heavy atom. The van der Waals surface area contributed by atoms with Crippen LogP contribution in [0.25, 0.3) is 0 Å². The number of rotatable bonds is 0. The Bertz CT molecular complexity index is 443. The van der Waals surface area contributed by atoms with Crippen molar-refractivity contribution in [1.29, 1.82) is 0 Å². The molecule has 0 aromatic rings. The Morgan fingerprint density at radius 1 is 1.40 bits per heavy atom. The highest BCUT2D eigenvalue weighted by Gasteiger charge is 2.37. The Morgan fingerprint density at radius 2 is 2.27 bits per heavy atom. The number of allylic oxidation sites excluding steroid dienone is 4. The van der Waals surface area contributed by atoms with Crippen LogP contribution in [0.4, 0.5) is 0 Å². The fourth-order valence-corrected chi connectivity index (χ4v) is 2.42. The summed E-state index contributed by atoms with van der Waals surface area (Å²) in [5.74, 6) is 0.560.